The molecule has 0 saturated heterocycles. The van der Waals surface area contributed by atoms with Gasteiger partial charge in [0.05, 0.1) is 17.7 Å². The summed E-state index contributed by atoms with van der Waals surface area (Å²) < 4.78 is 38.8. The van der Waals surface area contributed by atoms with Crippen molar-refractivity contribution in [3.63, 3.8) is 0 Å². The van der Waals surface area contributed by atoms with Crippen LogP contribution >= 0.6 is 0 Å². The fourth-order valence-corrected chi connectivity index (χ4v) is 4.87. The summed E-state index contributed by atoms with van der Waals surface area (Å²) in [5.74, 6) is 0.761. The van der Waals surface area contributed by atoms with Gasteiger partial charge in [-0.3, -0.25) is 9.10 Å². The predicted octanol–water partition coefficient (Wildman–Crippen LogP) is 4.44. The van der Waals surface area contributed by atoms with Gasteiger partial charge in [0.15, 0.2) is 6.61 Å². The van der Waals surface area contributed by atoms with Crippen molar-refractivity contribution in [1.82, 2.24) is 0 Å². The first-order chi connectivity index (χ1) is 16.7. The molecule has 9 heteroatoms. The maximum absolute atomic E-state index is 13.6. The van der Waals surface area contributed by atoms with Crippen LogP contribution < -0.4 is 19.1 Å². The lowest BCUT2D eigenvalue weighted by Crippen LogP contribution is -2.34. The Morgan fingerprint density at radius 1 is 0.971 bits per heavy atom. The fraction of sp³-hybridized carbons (Fsp3) is 0.231. The molecule has 0 aliphatic carbocycles. The van der Waals surface area contributed by atoms with Crippen molar-refractivity contribution in [2.24, 2.45) is 0 Å². The number of anilines is 2. The van der Waals surface area contributed by atoms with Gasteiger partial charge in [0.25, 0.3) is 10.0 Å². The molecule has 0 aliphatic rings. The van der Waals surface area contributed by atoms with Crippen LogP contribution in [0.5, 0.6) is 11.5 Å². The third-order valence-electron chi connectivity index (χ3n) is 5.41. The molecule has 0 saturated carbocycles. The van der Waals surface area contributed by atoms with Gasteiger partial charge in [-0.25, -0.2) is 8.42 Å². The van der Waals surface area contributed by atoms with Crippen LogP contribution in [-0.2, 0) is 14.8 Å². The standard InChI is InChI=1S/C26H27N3O5S/c1-19-4-13-25(18-20(19)2)35(31,32)29(22-7-11-23(33-3)12-8-22)16-14-26(30)28-21-5-9-24(10-6-21)34-17-15-27/h4-13,18H,14,16-17H2,1-3H3,(H,28,30). The van der Waals surface area contributed by atoms with Crippen LogP contribution in [0.3, 0.4) is 0 Å². The van der Waals surface area contributed by atoms with Crippen LogP contribution in [-0.4, -0.2) is 34.6 Å². The van der Waals surface area contributed by atoms with Crippen LogP contribution in [0.15, 0.2) is 71.6 Å². The Bertz CT molecular complexity index is 1310. The number of ether oxygens (including phenoxy) is 2. The highest BCUT2D eigenvalue weighted by Gasteiger charge is 2.26. The number of nitrogens with zero attached hydrogens (tertiary/aromatic N) is 2. The van der Waals surface area contributed by atoms with Crippen molar-refractivity contribution in [3.8, 4) is 17.6 Å². The molecule has 3 rings (SSSR count). The molecule has 0 spiro atoms. The molecule has 0 radical (unpaired) electrons. The highest BCUT2D eigenvalue weighted by Crippen LogP contribution is 2.27. The van der Waals surface area contributed by atoms with Crippen molar-refractivity contribution in [3.05, 3.63) is 77.9 Å². The zero-order valence-corrected chi connectivity index (χ0v) is 20.6. The van der Waals surface area contributed by atoms with E-state index in [2.05, 4.69) is 5.32 Å². The molecule has 0 aliphatic heterocycles. The number of carbonyl (C=O) groups is 1. The van der Waals surface area contributed by atoms with Gasteiger partial charge in [-0.2, -0.15) is 5.26 Å². The van der Waals surface area contributed by atoms with Crippen molar-refractivity contribution < 1.29 is 22.7 Å². The summed E-state index contributed by atoms with van der Waals surface area (Å²) in [6, 6.07) is 20.1. The highest BCUT2D eigenvalue weighted by atomic mass is 32.2. The van der Waals surface area contributed by atoms with Crippen LogP contribution in [0.1, 0.15) is 17.5 Å². The second kappa shape index (κ2) is 11.4. The van der Waals surface area contributed by atoms with Gasteiger partial charge in [-0.15, -0.1) is 0 Å². The first-order valence-electron chi connectivity index (χ1n) is 10.9. The summed E-state index contributed by atoms with van der Waals surface area (Å²) in [5, 5.41) is 11.3. The number of hydrogen-bond acceptors (Lipinski definition) is 6. The Morgan fingerprint density at radius 3 is 2.23 bits per heavy atom. The van der Waals surface area contributed by atoms with Gasteiger partial charge in [-0.1, -0.05) is 6.07 Å². The van der Waals surface area contributed by atoms with E-state index in [1.807, 2.05) is 19.9 Å². The lowest BCUT2D eigenvalue weighted by molar-refractivity contribution is -0.116. The largest absolute Gasteiger partial charge is 0.497 e. The lowest BCUT2D eigenvalue weighted by Gasteiger charge is -2.25. The van der Waals surface area contributed by atoms with E-state index in [0.717, 1.165) is 11.1 Å². The molecule has 8 nitrogen and oxygen atoms in total. The Balaban J connectivity index is 1.79. The van der Waals surface area contributed by atoms with Crippen molar-refractivity contribution in [1.29, 1.82) is 5.26 Å². The van der Waals surface area contributed by atoms with Gasteiger partial charge < -0.3 is 14.8 Å². The number of amides is 1. The van der Waals surface area contributed by atoms with E-state index in [-0.39, 0.29) is 30.4 Å². The van der Waals surface area contributed by atoms with Gasteiger partial charge in [0.2, 0.25) is 5.91 Å². The summed E-state index contributed by atoms with van der Waals surface area (Å²) >= 11 is 0. The molecule has 182 valence electrons. The topological polar surface area (TPSA) is 109 Å². The van der Waals surface area contributed by atoms with Gasteiger partial charge in [-0.05, 0) is 85.6 Å². The van der Waals surface area contributed by atoms with E-state index >= 15 is 0 Å². The minimum absolute atomic E-state index is 0.0587. The van der Waals surface area contributed by atoms with Crippen molar-refractivity contribution in [2.75, 3.05) is 29.9 Å². The second-order valence-electron chi connectivity index (χ2n) is 7.79. The third kappa shape index (κ3) is 6.52. The molecule has 3 aromatic rings. The first kappa shape index (κ1) is 25.6. The highest BCUT2D eigenvalue weighted by molar-refractivity contribution is 7.92. The number of rotatable bonds is 10. The number of nitrogens with one attached hydrogen (secondary N) is 1. The molecule has 1 amide bonds. The second-order valence-corrected chi connectivity index (χ2v) is 9.65. The Hall–Kier alpha value is -4.03. The molecule has 35 heavy (non-hydrogen) atoms. The van der Waals surface area contributed by atoms with E-state index in [0.29, 0.717) is 22.9 Å². The van der Waals surface area contributed by atoms with E-state index in [9.17, 15) is 13.2 Å². The maximum atomic E-state index is 13.6. The number of hydrogen-bond donors (Lipinski definition) is 1. The number of carbonyl (C=O) groups excluding carboxylic acids is 1. The molecule has 0 aromatic heterocycles. The van der Waals surface area contributed by atoms with Gasteiger partial charge in [0.1, 0.15) is 17.6 Å². The summed E-state index contributed by atoms with van der Waals surface area (Å²) in [7, 11) is -2.39. The molecule has 0 unspecified atom stereocenters. The smallest absolute Gasteiger partial charge is 0.264 e. The van der Waals surface area contributed by atoms with E-state index in [4.69, 9.17) is 14.7 Å². The quantitative estimate of drug-likeness (QED) is 0.447. The van der Waals surface area contributed by atoms with Gasteiger partial charge in [0, 0.05) is 18.7 Å². The van der Waals surface area contributed by atoms with E-state index in [1.54, 1.807) is 66.7 Å². The molecule has 1 N–H and O–H groups in total. The minimum atomic E-state index is -3.93. The molecular formula is C26H27N3O5S. The van der Waals surface area contributed by atoms with Crippen LogP contribution in [0.25, 0.3) is 0 Å². The third-order valence-corrected chi connectivity index (χ3v) is 7.23. The zero-order valence-electron chi connectivity index (χ0n) is 19.8. The van der Waals surface area contributed by atoms with Crippen LogP contribution in [0, 0.1) is 25.2 Å². The lowest BCUT2D eigenvalue weighted by atomic mass is 10.1. The monoisotopic (exact) mass is 493 g/mol. The molecular weight excluding hydrogens is 466 g/mol. The number of methoxy groups -OCH3 is 1. The Kier molecular flexibility index (Phi) is 8.34. The van der Waals surface area contributed by atoms with Crippen molar-refractivity contribution >= 4 is 27.3 Å². The number of benzene rings is 3. The zero-order chi connectivity index (χ0) is 25.4. The summed E-state index contributed by atoms with van der Waals surface area (Å²) in [5.41, 5.74) is 2.81. The molecule has 0 atom stereocenters. The molecule has 0 fully saturated rings. The van der Waals surface area contributed by atoms with Crippen LogP contribution in [0.4, 0.5) is 11.4 Å². The summed E-state index contributed by atoms with van der Waals surface area (Å²) in [4.78, 5) is 12.8. The fourth-order valence-electron chi connectivity index (χ4n) is 3.31. The molecule has 3 aromatic carbocycles. The van der Waals surface area contributed by atoms with Crippen molar-refractivity contribution in [2.45, 2.75) is 25.2 Å². The Morgan fingerprint density at radius 2 is 1.63 bits per heavy atom. The molecule has 0 heterocycles. The van der Waals surface area contributed by atoms with Gasteiger partial charge >= 0.3 is 0 Å². The predicted molar refractivity (Wildman–Crippen MR) is 134 cm³/mol. The SMILES string of the molecule is COc1ccc(N(CCC(=O)Nc2ccc(OCC#N)cc2)S(=O)(=O)c2ccc(C)c(C)c2)cc1. The summed E-state index contributed by atoms with van der Waals surface area (Å²) in [6.45, 7) is 3.65. The molecule has 0 bridgehead atoms. The number of aryl methyl sites for hydroxylation is 2. The minimum Gasteiger partial charge on any atom is -0.497 e. The number of nitriles is 1. The van der Waals surface area contributed by atoms with E-state index in [1.165, 1.54) is 11.4 Å². The average molecular weight is 494 g/mol. The Labute approximate surface area is 205 Å². The normalized spacial score (nSPS) is 10.8. The first-order valence-corrected chi connectivity index (χ1v) is 12.3. The summed E-state index contributed by atoms with van der Waals surface area (Å²) in [6.07, 6.45) is -0.0667. The maximum Gasteiger partial charge on any atom is 0.264 e. The van der Waals surface area contributed by atoms with Crippen LogP contribution in [0.2, 0.25) is 0 Å². The average Bonchev–Trinajstić information content (AvgIpc) is 2.85. The number of sulfonamides is 1. The van der Waals surface area contributed by atoms with E-state index < -0.39 is 10.0 Å².